The summed E-state index contributed by atoms with van der Waals surface area (Å²) in [4.78, 5) is 29.8. The number of fused-ring (bicyclic) bond motifs is 1. The fourth-order valence-corrected chi connectivity index (χ4v) is 5.22. The van der Waals surface area contributed by atoms with E-state index in [4.69, 9.17) is 9.47 Å². The van der Waals surface area contributed by atoms with E-state index in [2.05, 4.69) is 0 Å². The van der Waals surface area contributed by atoms with Gasteiger partial charge in [-0.15, -0.1) is 11.3 Å². The molecule has 10 heteroatoms. The standard InChI is InChI=1S/C24H27F3N2O4S/c1-14(2)33-23(31)29-19-9-8-16(24(25,26)27)11-18(19)21(12-20(29)15-6-7-15)28(22(30)32-3)13-17-5-4-10-34-17/h4-5,8-11,14-15,20-21H,6-7,12-13H2,1-3H3/t20-,21-/m1/s1. The molecule has 0 spiro atoms. The molecule has 0 N–H and O–H groups in total. The molecule has 0 radical (unpaired) electrons. The van der Waals surface area contributed by atoms with Crippen molar-refractivity contribution in [2.24, 2.45) is 5.92 Å². The zero-order chi connectivity index (χ0) is 24.6. The van der Waals surface area contributed by atoms with Crippen LogP contribution in [0.15, 0.2) is 35.7 Å². The Morgan fingerprint density at radius 2 is 1.97 bits per heavy atom. The van der Waals surface area contributed by atoms with E-state index in [9.17, 15) is 22.8 Å². The van der Waals surface area contributed by atoms with Gasteiger partial charge in [0.2, 0.25) is 0 Å². The van der Waals surface area contributed by atoms with E-state index in [1.165, 1.54) is 34.3 Å². The number of thiophene rings is 1. The molecule has 1 saturated carbocycles. The number of amides is 2. The minimum absolute atomic E-state index is 0.193. The van der Waals surface area contributed by atoms with Crippen LogP contribution in [0.3, 0.4) is 0 Å². The van der Waals surface area contributed by atoms with Crippen molar-refractivity contribution >= 4 is 29.2 Å². The number of halogens is 3. The number of carbonyl (C=O) groups is 2. The Labute approximate surface area is 200 Å². The zero-order valence-electron chi connectivity index (χ0n) is 19.2. The van der Waals surface area contributed by atoms with Crippen LogP contribution in [-0.2, 0) is 22.2 Å². The predicted molar refractivity (Wildman–Crippen MR) is 122 cm³/mol. The quantitative estimate of drug-likeness (QED) is 0.467. The number of ether oxygens (including phenoxy) is 2. The molecule has 1 aromatic carbocycles. The van der Waals surface area contributed by atoms with Gasteiger partial charge in [-0.25, -0.2) is 9.59 Å². The Morgan fingerprint density at radius 3 is 2.53 bits per heavy atom. The van der Waals surface area contributed by atoms with Gasteiger partial charge in [-0.2, -0.15) is 13.2 Å². The first-order valence-corrected chi connectivity index (χ1v) is 12.1. The van der Waals surface area contributed by atoms with Crippen LogP contribution in [0.1, 0.15) is 55.2 Å². The van der Waals surface area contributed by atoms with Crippen LogP contribution >= 0.6 is 11.3 Å². The highest BCUT2D eigenvalue weighted by Gasteiger charge is 2.47. The van der Waals surface area contributed by atoms with Crippen molar-refractivity contribution in [1.29, 1.82) is 0 Å². The normalized spacial score (nSPS) is 20.1. The second-order valence-corrected chi connectivity index (χ2v) is 9.94. The van der Waals surface area contributed by atoms with Crippen molar-refractivity contribution in [2.75, 3.05) is 12.0 Å². The first kappa shape index (κ1) is 24.4. The highest BCUT2D eigenvalue weighted by molar-refractivity contribution is 7.09. The minimum atomic E-state index is -4.57. The Hall–Kier alpha value is -2.75. The van der Waals surface area contributed by atoms with Crippen LogP contribution in [0, 0.1) is 5.92 Å². The maximum absolute atomic E-state index is 13.6. The number of carbonyl (C=O) groups excluding carboxylic acids is 2. The molecule has 1 aromatic heterocycles. The summed E-state index contributed by atoms with van der Waals surface area (Å²) in [5, 5.41) is 1.87. The fourth-order valence-electron chi connectivity index (χ4n) is 4.52. The Bertz CT molecular complexity index is 1040. The van der Waals surface area contributed by atoms with Crippen molar-refractivity contribution in [3.8, 4) is 0 Å². The number of hydrogen-bond donors (Lipinski definition) is 0. The number of hydrogen-bond acceptors (Lipinski definition) is 5. The molecule has 0 saturated heterocycles. The fraction of sp³-hybridized carbons (Fsp3) is 0.500. The summed E-state index contributed by atoms with van der Waals surface area (Å²) in [6.07, 6.45) is -4.06. The summed E-state index contributed by atoms with van der Waals surface area (Å²) < 4.78 is 51.4. The van der Waals surface area contributed by atoms with Crippen molar-refractivity contribution in [2.45, 2.75) is 64.0 Å². The average Bonchev–Trinajstić information content (AvgIpc) is 3.50. The summed E-state index contributed by atoms with van der Waals surface area (Å²) in [7, 11) is 1.25. The van der Waals surface area contributed by atoms with Crippen molar-refractivity contribution in [3.05, 3.63) is 51.7 Å². The molecule has 2 heterocycles. The molecule has 1 aliphatic heterocycles. The Morgan fingerprint density at radius 1 is 1.24 bits per heavy atom. The van der Waals surface area contributed by atoms with Gasteiger partial charge in [0.05, 0.1) is 37.1 Å². The lowest BCUT2D eigenvalue weighted by Crippen LogP contribution is -2.50. The molecule has 2 atom stereocenters. The summed E-state index contributed by atoms with van der Waals surface area (Å²) in [5.74, 6) is 0.193. The molecule has 2 aromatic rings. The van der Waals surface area contributed by atoms with Gasteiger partial charge < -0.3 is 9.47 Å². The number of nitrogens with zero attached hydrogens (tertiary/aromatic N) is 2. The van der Waals surface area contributed by atoms with Crippen molar-refractivity contribution in [1.82, 2.24) is 4.90 Å². The van der Waals surface area contributed by atoms with Gasteiger partial charge >= 0.3 is 18.4 Å². The Kier molecular flexibility index (Phi) is 6.80. The molecule has 1 aliphatic carbocycles. The second kappa shape index (κ2) is 9.48. The molecule has 2 amide bonds. The van der Waals surface area contributed by atoms with Crippen LogP contribution in [-0.4, -0.2) is 36.3 Å². The van der Waals surface area contributed by atoms with Crippen molar-refractivity contribution < 1.29 is 32.2 Å². The zero-order valence-corrected chi connectivity index (χ0v) is 20.0. The maximum Gasteiger partial charge on any atom is 0.416 e. The third-order valence-electron chi connectivity index (χ3n) is 6.16. The maximum atomic E-state index is 13.6. The number of anilines is 1. The number of benzene rings is 1. The monoisotopic (exact) mass is 496 g/mol. The minimum Gasteiger partial charge on any atom is -0.453 e. The summed E-state index contributed by atoms with van der Waals surface area (Å²) in [6, 6.07) is 6.06. The van der Waals surface area contributed by atoms with E-state index in [0.717, 1.165) is 29.9 Å². The lowest BCUT2D eigenvalue weighted by Gasteiger charge is -2.44. The number of rotatable bonds is 5. The van der Waals surface area contributed by atoms with E-state index >= 15 is 0 Å². The third-order valence-corrected chi connectivity index (χ3v) is 7.02. The molecule has 0 bridgehead atoms. The first-order valence-electron chi connectivity index (χ1n) is 11.2. The summed E-state index contributed by atoms with van der Waals surface area (Å²) in [6.45, 7) is 3.65. The average molecular weight is 497 g/mol. The molecule has 2 aliphatic rings. The summed E-state index contributed by atoms with van der Waals surface area (Å²) in [5.41, 5.74) is -0.236. The SMILES string of the molecule is COC(=O)N(Cc1cccs1)[C@@H]1C[C@H](C2CC2)N(C(=O)OC(C)C)c2ccc(C(F)(F)F)cc21. The van der Waals surface area contributed by atoms with Crippen LogP contribution in [0.25, 0.3) is 0 Å². The lowest BCUT2D eigenvalue weighted by atomic mass is 9.87. The van der Waals surface area contributed by atoms with Crippen LogP contribution in [0.5, 0.6) is 0 Å². The molecular weight excluding hydrogens is 469 g/mol. The Balaban J connectivity index is 1.84. The molecule has 0 unspecified atom stereocenters. The largest absolute Gasteiger partial charge is 0.453 e. The van der Waals surface area contributed by atoms with E-state index in [0.29, 0.717) is 12.1 Å². The second-order valence-electron chi connectivity index (χ2n) is 8.91. The molecule has 1 fully saturated rings. The number of alkyl halides is 3. The predicted octanol–water partition coefficient (Wildman–Crippen LogP) is 6.61. The van der Waals surface area contributed by atoms with Gasteiger partial charge in [-0.05, 0) is 74.2 Å². The van der Waals surface area contributed by atoms with Gasteiger partial charge in [0.15, 0.2) is 0 Å². The lowest BCUT2D eigenvalue weighted by molar-refractivity contribution is -0.137. The molecule has 34 heavy (non-hydrogen) atoms. The smallest absolute Gasteiger partial charge is 0.416 e. The van der Waals surface area contributed by atoms with Gasteiger partial charge in [0, 0.05) is 10.9 Å². The molecular formula is C24H27F3N2O4S. The van der Waals surface area contributed by atoms with E-state index in [-0.39, 0.29) is 30.2 Å². The molecule has 4 rings (SSSR count). The first-order chi connectivity index (χ1) is 16.1. The van der Waals surface area contributed by atoms with Gasteiger partial charge in [-0.1, -0.05) is 6.07 Å². The van der Waals surface area contributed by atoms with E-state index in [1.54, 1.807) is 13.8 Å². The van der Waals surface area contributed by atoms with Gasteiger partial charge in [0.1, 0.15) is 0 Å². The topological polar surface area (TPSA) is 59.1 Å². The summed E-state index contributed by atoms with van der Waals surface area (Å²) >= 11 is 1.45. The van der Waals surface area contributed by atoms with E-state index < -0.39 is 30.0 Å². The highest BCUT2D eigenvalue weighted by atomic mass is 32.1. The van der Waals surface area contributed by atoms with Crippen LogP contribution in [0.2, 0.25) is 0 Å². The van der Waals surface area contributed by atoms with Crippen LogP contribution < -0.4 is 4.90 Å². The number of methoxy groups -OCH3 is 1. The highest BCUT2D eigenvalue weighted by Crippen LogP contribution is 2.50. The van der Waals surface area contributed by atoms with E-state index in [1.807, 2.05) is 17.5 Å². The van der Waals surface area contributed by atoms with Gasteiger partial charge in [0.25, 0.3) is 0 Å². The van der Waals surface area contributed by atoms with Gasteiger partial charge in [-0.3, -0.25) is 9.80 Å². The third kappa shape index (κ3) is 5.01. The van der Waals surface area contributed by atoms with Crippen molar-refractivity contribution in [3.63, 3.8) is 0 Å². The van der Waals surface area contributed by atoms with Crippen LogP contribution in [0.4, 0.5) is 28.4 Å². The molecule has 6 nitrogen and oxygen atoms in total. The molecule has 184 valence electrons.